The second-order valence-corrected chi connectivity index (χ2v) is 8.47. The predicted octanol–water partition coefficient (Wildman–Crippen LogP) is 4.17. The number of nitrogens with zero attached hydrogens (tertiary/aromatic N) is 1. The number of carbonyl (C=O) groups is 1. The van der Waals surface area contributed by atoms with E-state index in [-0.39, 0.29) is 17.7 Å². The molecule has 0 aliphatic heterocycles. The lowest BCUT2D eigenvalue weighted by molar-refractivity contribution is -0.137. The molecule has 0 heterocycles. The number of nitrogens with one attached hydrogen (secondary N) is 1. The van der Waals surface area contributed by atoms with Crippen LogP contribution in [-0.2, 0) is 27.5 Å². The molecule has 0 unspecified atom stereocenters. The number of hydrogen-bond acceptors (Lipinski definition) is 6. The van der Waals surface area contributed by atoms with Crippen LogP contribution in [0.15, 0.2) is 82.8 Å². The maximum absolute atomic E-state index is 12.7. The Labute approximate surface area is 194 Å². The van der Waals surface area contributed by atoms with Gasteiger partial charge in [0, 0.05) is 5.56 Å². The van der Waals surface area contributed by atoms with Crippen LogP contribution in [0.5, 0.6) is 11.5 Å². The van der Waals surface area contributed by atoms with E-state index in [1.165, 1.54) is 31.5 Å². The molecular formula is C23H19F3N2O5S. The molecule has 1 amide bonds. The molecular weight excluding hydrogens is 473 g/mol. The van der Waals surface area contributed by atoms with E-state index in [2.05, 4.69) is 10.5 Å². The highest BCUT2D eigenvalue weighted by atomic mass is 32.2. The van der Waals surface area contributed by atoms with E-state index in [4.69, 9.17) is 8.92 Å². The van der Waals surface area contributed by atoms with Gasteiger partial charge in [0.2, 0.25) is 5.91 Å². The van der Waals surface area contributed by atoms with Crippen LogP contribution in [0.3, 0.4) is 0 Å². The highest BCUT2D eigenvalue weighted by Gasteiger charge is 2.31. The van der Waals surface area contributed by atoms with Crippen molar-refractivity contribution in [2.24, 2.45) is 5.10 Å². The Hall–Kier alpha value is -3.86. The second kappa shape index (κ2) is 10.4. The fourth-order valence-electron chi connectivity index (χ4n) is 2.82. The van der Waals surface area contributed by atoms with E-state index in [0.717, 1.165) is 12.1 Å². The fourth-order valence-corrected chi connectivity index (χ4v) is 3.77. The topological polar surface area (TPSA) is 94.1 Å². The average Bonchev–Trinajstić information content (AvgIpc) is 2.79. The van der Waals surface area contributed by atoms with E-state index in [1.807, 2.05) is 0 Å². The van der Waals surface area contributed by atoms with Crippen molar-refractivity contribution in [2.45, 2.75) is 17.5 Å². The van der Waals surface area contributed by atoms with Gasteiger partial charge in [0.25, 0.3) is 0 Å². The van der Waals surface area contributed by atoms with Crippen LogP contribution in [0.1, 0.15) is 16.7 Å². The van der Waals surface area contributed by atoms with Crippen LogP contribution >= 0.6 is 0 Å². The molecule has 0 atom stereocenters. The lowest BCUT2D eigenvalue weighted by Crippen LogP contribution is -2.20. The third-order valence-corrected chi connectivity index (χ3v) is 5.73. The Balaban J connectivity index is 1.69. The molecule has 0 saturated carbocycles. The lowest BCUT2D eigenvalue weighted by Gasteiger charge is -2.11. The molecule has 1 N–H and O–H groups in total. The molecule has 3 aromatic rings. The Morgan fingerprint density at radius 3 is 2.41 bits per heavy atom. The summed E-state index contributed by atoms with van der Waals surface area (Å²) in [6.07, 6.45) is -3.36. The minimum absolute atomic E-state index is 0.0367. The van der Waals surface area contributed by atoms with Gasteiger partial charge in [0.05, 0.1) is 25.3 Å². The maximum Gasteiger partial charge on any atom is 0.416 e. The first kappa shape index (κ1) is 24.8. The van der Waals surface area contributed by atoms with E-state index in [9.17, 15) is 26.4 Å². The van der Waals surface area contributed by atoms with Gasteiger partial charge in [-0.25, -0.2) is 5.43 Å². The number of hydrogen-bond donors (Lipinski definition) is 1. The molecule has 0 aliphatic carbocycles. The number of para-hydroxylation sites is 1. The summed E-state index contributed by atoms with van der Waals surface area (Å²) < 4.78 is 73.4. The third kappa shape index (κ3) is 6.58. The van der Waals surface area contributed by atoms with Gasteiger partial charge >= 0.3 is 16.3 Å². The number of benzene rings is 3. The largest absolute Gasteiger partial charge is 0.497 e. The smallest absolute Gasteiger partial charge is 0.416 e. The number of hydrazone groups is 1. The molecule has 0 fully saturated rings. The molecule has 0 saturated heterocycles. The third-order valence-electron chi connectivity index (χ3n) is 4.48. The monoisotopic (exact) mass is 492 g/mol. The Morgan fingerprint density at radius 1 is 1.03 bits per heavy atom. The van der Waals surface area contributed by atoms with Gasteiger partial charge in [-0.3, -0.25) is 4.79 Å². The number of ether oxygens (including phenoxy) is 1. The zero-order chi connectivity index (χ0) is 24.8. The number of halogens is 3. The number of methoxy groups -OCH3 is 1. The van der Waals surface area contributed by atoms with Gasteiger partial charge < -0.3 is 8.92 Å². The van der Waals surface area contributed by atoms with Crippen LogP contribution in [0, 0.1) is 0 Å². The van der Waals surface area contributed by atoms with Crippen molar-refractivity contribution in [3.63, 3.8) is 0 Å². The summed E-state index contributed by atoms with van der Waals surface area (Å²) in [6, 6.07) is 15.8. The van der Waals surface area contributed by atoms with Gasteiger partial charge in [0.15, 0.2) is 5.75 Å². The molecule has 0 bridgehead atoms. The molecule has 3 rings (SSSR count). The van der Waals surface area contributed by atoms with Gasteiger partial charge in [0.1, 0.15) is 10.6 Å². The summed E-state index contributed by atoms with van der Waals surface area (Å²) in [5.41, 5.74) is 2.28. The van der Waals surface area contributed by atoms with Gasteiger partial charge in [-0.05, 0) is 54.1 Å². The number of amides is 1. The van der Waals surface area contributed by atoms with Crippen molar-refractivity contribution in [1.82, 2.24) is 5.43 Å². The number of carbonyl (C=O) groups excluding carboxylic acids is 1. The lowest BCUT2D eigenvalue weighted by atomic mass is 10.1. The summed E-state index contributed by atoms with van der Waals surface area (Å²) in [7, 11) is -2.90. The Morgan fingerprint density at radius 2 is 1.74 bits per heavy atom. The summed E-state index contributed by atoms with van der Waals surface area (Å²) >= 11 is 0. The minimum atomic E-state index is -4.59. The normalized spacial score (nSPS) is 11.9. The molecule has 0 spiro atoms. The van der Waals surface area contributed by atoms with Crippen LogP contribution in [0.25, 0.3) is 0 Å². The van der Waals surface area contributed by atoms with E-state index in [0.29, 0.717) is 23.4 Å². The van der Waals surface area contributed by atoms with Crippen molar-refractivity contribution in [2.75, 3.05) is 7.11 Å². The molecule has 0 aliphatic rings. The van der Waals surface area contributed by atoms with E-state index >= 15 is 0 Å². The highest BCUT2D eigenvalue weighted by molar-refractivity contribution is 7.87. The maximum atomic E-state index is 12.7. The molecule has 11 heteroatoms. The van der Waals surface area contributed by atoms with Crippen LogP contribution in [0.2, 0.25) is 0 Å². The van der Waals surface area contributed by atoms with Crippen molar-refractivity contribution >= 4 is 22.2 Å². The fraction of sp³-hybridized carbons (Fsp3) is 0.130. The van der Waals surface area contributed by atoms with Crippen LogP contribution in [-0.4, -0.2) is 27.6 Å². The van der Waals surface area contributed by atoms with Crippen LogP contribution < -0.4 is 14.3 Å². The first-order chi connectivity index (χ1) is 16.1. The molecule has 3 aromatic carbocycles. The molecule has 178 valence electrons. The first-order valence-corrected chi connectivity index (χ1v) is 11.1. The van der Waals surface area contributed by atoms with Crippen LogP contribution in [0.4, 0.5) is 13.2 Å². The summed E-state index contributed by atoms with van der Waals surface area (Å²) in [5, 5.41) is 3.83. The quantitative estimate of drug-likeness (QED) is 0.289. The standard InChI is InChI=1S/C23H19F3N2O5S/c1-32-19-7-4-5-16(13-19)14-22(29)28-27-15-17-6-2-3-8-21(17)33-34(30,31)20-11-9-18(10-12-20)23(24,25)26/h2-13,15H,14H2,1H3,(H,28,29). The molecule has 0 aromatic heterocycles. The van der Waals surface area contributed by atoms with Crippen molar-refractivity contribution in [1.29, 1.82) is 0 Å². The molecule has 34 heavy (non-hydrogen) atoms. The SMILES string of the molecule is COc1cccc(CC(=O)NN=Cc2ccccc2OS(=O)(=O)c2ccc(C(F)(F)F)cc2)c1. The van der Waals surface area contributed by atoms with E-state index in [1.54, 1.807) is 30.3 Å². The zero-order valence-corrected chi connectivity index (χ0v) is 18.6. The van der Waals surface area contributed by atoms with Crippen molar-refractivity contribution in [3.05, 3.63) is 89.5 Å². The number of alkyl halides is 3. The number of rotatable bonds is 8. The second-order valence-electron chi connectivity index (χ2n) is 6.92. The zero-order valence-electron chi connectivity index (χ0n) is 17.7. The Bertz CT molecular complexity index is 1290. The highest BCUT2D eigenvalue weighted by Crippen LogP contribution is 2.30. The Kier molecular flexibility index (Phi) is 7.57. The van der Waals surface area contributed by atoms with Crippen molar-refractivity contribution < 1.29 is 35.3 Å². The van der Waals surface area contributed by atoms with Crippen molar-refractivity contribution in [3.8, 4) is 11.5 Å². The van der Waals surface area contributed by atoms with E-state index < -0.39 is 32.7 Å². The summed E-state index contributed by atoms with van der Waals surface area (Å²) in [5.74, 6) is 0.0719. The molecule has 7 nitrogen and oxygen atoms in total. The molecule has 0 radical (unpaired) electrons. The average molecular weight is 492 g/mol. The van der Waals surface area contributed by atoms with Gasteiger partial charge in [-0.15, -0.1) is 0 Å². The first-order valence-electron chi connectivity index (χ1n) is 9.74. The van der Waals surface area contributed by atoms with Gasteiger partial charge in [-0.2, -0.15) is 26.7 Å². The minimum Gasteiger partial charge on any atom is -0.497 e. The summed E-state index contributed by atoms with van der Waals surface area (Å²) in [4.78, 5) is 11.7. The summed E-state index contributed by atoms with van der Waals surface area (Å²) in [6.45, 7) is 0. The predicted molar refractivity (Wildman–Crippen MR) is 118 cm³/mol. The van der Waals surface area contributed by atoms with Gasteiger partial charge in [-0.1, -0.05) is 24.3 Å².